The molecule has 0 unspecified atom stereocenters. The number of ether oxygens (including phenoxy) is 2. The molecular weight excluding hydrogens is 236 g/mol. The zero-order chi connectivity index (χ0) is 13.4. The van der Waals surface area contributed by atoms with Crippen LogP contribution in [0.25, 0.3) is 0 Å². The fourth-order valence-corrected chi connectivity index (χ4v) is 1.42. The lowest BCUT2D eigenvalue weighted by atomic mass is 10.3. The lowest BCUT2D eigenvalue weighted by Gasteiger charge is -2.02. The van der Waals surface area contributed by atoms with Crippen LogP contribution >= 0.6 is 0 Å². The van der Waals surface area contributed by atoms with Crippen LogP contribution in [0.15, 0.2) is 12.3 Å². The van der Waals surface area contributed by atoms with Crippen LogP contribution in [0.2, 0.25) is 0 Å². The molecule has 0 aliphatic carbocycles. The first-order chi connectivity index (χ1) is 8.67. The molecule has 0 saturated heterocycles. The van der Waals surface area contributed by atoms with E-state index in [-0.39, 0.29) is 11.7 Å². The number of carbonyl (C=O) groups is 2. The maximum Gasteiger partial charge on any atom is 0.358 e. The van der Waals surface area contributed by atoms with Gasteiger partial charge in [0.25, 0.3) is 0 Å². The summed E-state index contributed by atoms with van der Waals surface area (Å²) in [5.74, 6) is -0.642. The Morgan fingerprint density at radius 3 is 2.67 bits per heavy atom. The van der Waals surface area contributed by atoms with Gasteiger partial charge in [0.15, 0.2) is 5.69 Å². The Hall–Kier alpha value is -1.85. The maximum absolute atomic E-state index is 11.4. The van der Waals surface area contributed by atoms with Gasteiger partial charge in [0, 0.05) is 19.2 Å². The van der Waals surface area contributed by atoms with Crippen LogP contribution in [0, 0.1) is 0 Å². The van der Waals surface area contributed by atoms with Gasteiger partial charge in [0.1, 0.15) is 0 Å². The number of hydrogen-bond acceptors (Lipinski definition) is 5. The van der Waals surface area contributed by atoms with Crippen molar-refractivity contribution in [1.29, 1.82) is 0 Å². The first-order valence-electron chi connectivity index (χ1n) is 6.03. The number of esters is 2. The van der Waals surface area contributed by atoms with Crippen molar-refractivity contribution in [2.75, 3.05) is 13.2 Å². The number of carbonyl (C=O) groups excluding carboxylic acids is 2. The first kappa shape index (κ1) is 14.2. The highest BCUT2D eigenvalue weighted by Gasteiger charge is 2.10. The smallest absolute Gasteiger partial charge is 0.358 e. The lowest BCUT2D eigenvalue weighted by Crippen LogP contribution is -2.09. The van der Waals surface area contributed by atoms with Crippen molar-refractivity contribution in [2.24, 2.45) is 0 Å². The average molecular weight is 254 g/mol. The Morgan fingerprint density at radius 2 is 2.00 bits per heavy atom. The summed E-state index contributed by atoms with van der Waals surface area (Å²) in [4.78, 5) is 22.5. The van der Waals surface area contributed by atoms with Gasteiger partial charge < -0.3 is 9.47 Å². The van der Waals surface area contributed by atoms with Crippen molar-refractivity contribution >= 4 is 11.9 Å². The van der Waals surface area contributed by atoms with Crippen molar-refractivity contribution in [2.45, 2.75) is 33.2 Å². The molecular formula is C12H18N2O4. The van der Waals surface area contributed by atoms with E-state index in [1.54, 1.807) is 30.8 Å². The molecule has 100 valence electrons. The molecule has 18 heavy (non-hydrogen) atoms. The van der Waals surface area contributed by atoms with Crippen LogP contribution < -0.4 is 0 Å². The minimum absolute atomic E-state index is 0.213. The van der Waals surface area contributed by atoms with Gasteiger partial charge in [-0.2, -0.15) is 5.10 Å². The molecule has 0 amide bonds. The van der Waals surface area contributed by atoms with Crippen molar-refractivity contribution in [3.05, 3.63) is 18.0 Å². The molecule has 1 rings (SSSR count). The lowest BCUT2D eigenvalue weighted by molar-refractivity contribution is -0.143. The Kier molecular flexibility index (Phi) is 5.90. The average Bonchev–Trinajstić information content (AvgIpc) is 2.78. The molecule has 6 heteroatoms. The monoisotopic (exact) mass is 254 g/mol. The number of aryl methyl sites for hydroxylation is 1. The van der Waals surface area contributed by atoms with Gasteiger partial charge in [-0.1, -0.05) is 0 Å². The van der Waals surface area contributed by atoms with E-state index in [0.29, 0.717) is 32.6 Å². The second-order valence-electron chi connectivity index (χ2n) is 3.59. The van der Waals surface area contributed by atoms with E-state index in [9.17, 15) is 9.59 Å². The summed E-state index contributed by atoms with van der Waals surface area (Å²) in [7, 11) is 0. The fraction of sp³-hybridized carbons (Fsp3) is 0.583. The van der Waals surface area contributed by atoms with Gasteiger partial charge in [0.05, 0.1) is 13.2 Å². The SMILES string of the molecule is CCOC(=O)CCCn1ccc(C(=O)OCC)n1. The molecule has 0 spiro atoms. The van der Waals surface area contributed by atoms with Crippen LogP contribution in [0.1, 0.15) is 37.2 Å². The molecule has 0 atom stereocenters. The highest BCUT2D eigenvalue weighted by atomic mass is 16.5. The first-order valence-corrected chi connectivity index (χ1v) is 6.03. The second kappa shape index (κ2) is 7.47. The van der Waals surface area contributed by atoms with Crippen molar-refractivity contribution in [3.63, 3.8) is 0 Å². The standard InChI is InChI=1S/C12H18N2O4/c1-3-17-11(15)6-5-8-14-9-7-10(13-14)12(16)18-4-2/h7,9H,3-6,8H2,1-2H3. The zero-order valence-corrected chi connectivity index (χ0v) is 10.7. The molecule has 0 aliphatic heterocycles. The molecule has 1 heterocycles. The van der Waals surface area contributed by atoms with E-state index < -0.39 is 5.97 Å². The van der Waals surface area contributed by atoms with E-state index in [1.807, 2.05) is 0 Å². The summed E-state index contributed by atoms with van der Waals surface area (Å²) < 4.78 is 11.3. The summed E-state index contributed by atoms with van der Waals surface area (Å²) in [6, 6.07) is 1.60. The molecule has 6 nitrogen and oxygen atoms in total. The van der Waals surface area contributed by atoms with E-state index >= 15 is 0 Å². The van der Waals surface area contributed by atoms with E-state index in [1.165, 1.54) is 0 Å². The zero-order valence-electron chi connectivity index (χ0n) is 10.7. The maximum atomic E-state index is 11.4. The summed E-state index contributed by atoms with van der Waals surface area (Å²) >= 11 is 0. The Morgan fingerprint density at radius 1 is 1.28 bits per heavy atom. The van der Waals surface area contributed by atoms with E-state index in [4.69, 9.17) is 9.47 Å². The summed E-state index contributed by atoms with van der Waals surface area (Å²) in [6.07, 6.45) is 2.67. The second-order valence-corrected chi connectivity index (χ2v) is 3.59. The number of hydrogen-bond donors (Lipinski definition) is 0. The molecule has 0 saturated carbocycles. The Balaban J connectivity index is 2.35. The van der Waals surface area contributed by atoms with Gasteiger partial charge in [-0.25, -0.2) is 4.79 Å². The highest BCUT2D eigenvalue weighted by molar-refractivity contribution is 5.86. The molecule has 0 aromatic carbocycles. The topological polar surface area (TPSA) is 70.4 Å². The van der Waals surface area contributed by atoms with Crippen LogP contribution in [0.5, 0.6) is 0 Å². The number of rotatable bonds is 7. The molecule has 0 aliphatic rings. The fourth-order valence-electron chi connectivity index (χ4n) is 1.42. The predicted octanol–water partition coefficient (Wildman–Crippen LogP) is 1.40. The van der Waals surface area contributed by atoms with Crippen LogP contribution in [-0.4, -0.2) is 34.9 Å². The third-order valence-electron chi connectivity index (χ3n) is 2.20. The largest absolute Gasteiger partial charge is 0.466 e. The minimum atomic E-state index is -0.429. The summed E-state index contributed by atoms with van der Waals surface area (Å²) in [5.41, 5.74) is 0.285. The van der Waals surface area contributed by atoms with E-state index in [2.05, 4.69) is 5.10 Å². The van der Waals surface area contributed by atoms with Gasteiger partial charge in [-0.15, -0.1) is 0 Å². The molecule has 1 aromatic heterocycles. The Labute approximate surface area is 106 Å². The summed E-state index contributed by atoms with van der Waals surface area (Å²) in [6.45, 7) is 4.81. The van der Waals surface area contributed by atoms with E-state index in [0.717, 1.165) is 0 Å². The molecule has 0 N–H and O–H groups in total. The third kappa shape index (κ3) is 4.57. The van der Waals surface area contributed by atoms with Crippen LogP contribution in [-0.2, 0) is 20.8 Å². The van der Waals surface area contributed by atoms with Gasteiger partial charge in [-0.05, 0) is 26.3 Å². The van der Waals surface area contributed by atoms with Gasteiger partial charge >= 0.3 is 11.9 Å². The van der Waals surface area contributed by atoms with Crippen LogP contribution in [0.3, 0.4) is 0 Å². The van der Waals surface area contributed by atoms with Crippen LogP contribution in [0.4, 0.5) is 0 Å². The van der Waals surface area contributed by atoms with Crippen molar-refractivity contribution in [3.8, 4) is 0 Å². The predicted molar refractivity (Wildman–Crippen MR) is 64.1 cm³/mol. The molecule has 0 fully saturated rings. The van der Waals surface area contributed by atoms with Crippen molar-refractivity contribution < 1.29 is 19.1 Å². The number of nitrogens with zero attached hydrogens (tertiary/aromatic N) is 2. The highest BCUT2D eigenvalue weighted by Crippen LogP contribution is 2.01. The molecule has 0 bridgehead atoms. The normalized spacial score (nSPS) is 10.1. The number of aromatic nitrogens is 2. The Bertz CT molecular complexity index is 401. The van der Waals surface area contributed by atoms with Gasteiger partial charge in [-0.3, -0.25) is 9.48 Å². The molecule has 1 aromatic rings. The molecule has 0 radical (unpaired) electrons. The van der Waals surface area contributed by atoms with Crippen molar-refractivity contribution in [1.82, 2.24) is 9.78 Å². The van der Waals surface area contributed by atoms with Gasteiger partial charge in [0.2, 0.25) is 0 Å². The quantitative estimate of drug-likeness (QED) is 0.688. The third-order valence-corrected chi connectivity index (χ3v) is 2.20. The summed E-state index contributed by atoms with van der Waals surface area (Å²) in [5, 5.41) is 4.06. The minimum Gasteiger partial charge on any atom is -0.466 e.